The van der Waals surface area contributed by atoms with E-state index in [-0.39, 0.29) is 11.7 Å². The molecule has 0 radical (unpaired) electrons. The van der Waals surface area contributed by atoms with Gasteiger partial charge in [-0.3, -0.25) is 9.80 Å². The summed E-state index contributed by atoms with van der Waals surface area (Å²) in [6, 6.07) is 6.46. The molecule has 2 aliphatic heterocycles. The predicted octanol–water partition coefficient (Wildman–Crippen LogP) is 1.53. The molecule has 0 spiro atoms. The van der Waals surface area contributed by atoms with E-state index in [2.05, 4.69) is 48.9 Å². The molecule has 1 saturated heterocycles. The number of aliphatic hydroxyl groups excluding tert-OH is 1. The van der Waals surface area contributed by atoms with Gasteiger partial charge in [0.15, 0.2) is 0 Å². The second-order valence-electron chi connectivity index (χ2n) is 7.74. The molecule has 2 aliphatic rings. The van der Waals surface area contributed by atoms with Crippen molar-refractivity contribution in [2.75, 3.05) is 46.4 Å². The molecule has 1 N–H and O–H groups in total. The Morgan fingerprint density at radius 2 is 2.04 bits per heavy atom. The Labute approximate surface area is 145 Å². The first-order valence-electron chi connectivity index (χ1n) is 8.89. The molecule has 3 rings (SSSR count). The lowest BCUT2D eigenvalue weighted by atomic mass is 10.00. The maximum atomic E-state index is 10.3. The molecule has 1 fully saturated rings. The van der Waals surface area contributed by atoms with Crippen LogP contribution in [0.25, 0.3) is 0 Å². The first-order chi connectivity index (χ1) is 11.4. The molecule has 1 unspecified atom stereocenters. The van der Waals surface area contributed by atoms with Gasteiger partial charge in [0.2, 0.25) is 0 Å². The Kier molecular flexibility index (Phi) is 5.45. The lowest BCUT2D eigenvalue weighted by Gasteiger charge is -2.30. The minimum Gasteiger partial charge on any atom is -0.487 e. The van der Waals surface area contributed by atoms with E-state index in [1.807, 2.05) is 0 Å². The van der Waals surface area contributed by atoms with E-state index in [0.29, 0.717) is 6.54 Å². The number of benzene rings is 1. The number of nitrogens with zero attached hydrogens (tertiary/aromatic N) is 2. The van der Waals surface area contributed by atoms with Gasteiger partial charge in [0.05, 0.1) is 19.3 Å². The molecule has 0 saturated carbocycles. The first-order valence-corrected chi connectivity index (χ1v) is 8.89. The summed E-state index contributed by atoms with van der Waals surface area (Å²) in [7, 11) is 2.07. The lowest BCUT2D eigenvalue weighted by Crippen LogP contribution is -2.43. The average Bonchev–Trinajstić information content (AvgIpc) is 2.81. The fourth-order valence-electron chi connectivity index (χ4n) is 3.64. The number of aliphatic hydroxyl groups is 1. The maximum absolute atomic E-state index is 10.3. The molecule has 1 atom stereocenters. The van der Waals surface area contributed by atoms with Crippen molar-refractivity contribution in [3.05, 3.63) is 29.3 Å². The summed E-state index contributed by atoms with van der Waals surface area (Å²) in [4.78, 5) is 4.46. The predicted molar refractivity (Wildman–Crippen MR) is 94.5 cm³/mol. The Morgan fingerprint density at radius 1 is 1.29 bits per heavy atom. The first kappa shape index (κ1) is 17.7. The fourth-order valence-corrected chi connectivity index (χ4v) is 3.64. The summed E-state index contributed by atoms with van der Waals surface area (Å²) >= 11 is 0. The third-order valence-electron chi connectivity index (χ3n) is 4.67. The highest BCUT2D eigenvalue weighted by Crippen LogP contribution is 2.35. The normalized spacial score (nSPS) is 21.5. The fraction of sp³-hybridized carbons (Fsp3) is 0.684. The van der Waals surface area contributed by atoms with Crippen LogP contribution in [0.5, 0.6) is 5.75 Å². The number of hydrogen-bond donors (Lipinski definition) is 1. The van der Waals surface area contributed by atoms with Gasteiger partial charge >= 0.3 is 0 Å². The number of β-amino-alcohol motifs (C(OH)–C–C–N with tert-alkyl or cyclic N) is 1. The van der Waals surface area contributed by atoms with Crippen LogP contribution in [0, 0.1) is 0 Å². The molecule has 1 aromatic rings. The summed E-state index contributed by atoms with van der Waals surface area (Å²) in [5, 5.41) is 10.3. The molecular formula is C19H30N2O3. The van der Waals surface area contributed by atoms with Gasteiger partial charge in [0, 0.05) is 39.1 Å². The van der Waals surface area contributed by atoms with Gasteiger partial charge in [-0.05, 0) is 38.1 Å². The molecule has 0 aromatic heterocycles. The summed E-state index contributed by atoms with van der Waals surface area (Å²) in [5.41, 5.74) is 2.47. The third-order valence-corrected chi connectivity index (χ3v) is 4.67. The number of ether oxygens (including phenoxy) is 2. The zero-order valence-corrected chi connectivity index (χ0v) is 15.1. The van der Waals surface area contributed by atoms with Crippen molar-refractivity contribution < 1.29 is 14.6 Å². The molecule has 5 heteroatoms. The zero-order chi connectivity index (χ0) is 17.2. The standard InChI is InChI=1S/C19H30N2O3/c1-19(2)11-16-10-15(4-5-18(16)24-19)12-20(3)13-17(22)14-21-6-8-23-9-7-21/h4-5,10,17,22H,6-9,11-14H2,1-3H3. The van der Waals surface area contributed by atoms with Crippen LogP contribution >= 0.6 is 0 Å². The topological polar surface area (TPSA) is 45.2 Å². The van der Waals surface area contributed by atoms with Crippen molar-refractivity contribution in [1.82, 2.24) is 9.80 Å². The molecule has 24 heavy (non-hydrogen) atoms. The maximum Gasteiger partial charge on any atom is 0.123 e. The van der Waals surface area contributed by atoms with E-state index in [1.54, 1.807) is 0 Å². The molecule has 1 aromatic carbocycles. The summed E-state index contributed by atoms with van der Waals surface area (Å²) in [6.45, 7) is 9.88. The van der Waals surface area contributed by atoms with Crippen LogP contribution in [0.4, 0.5) is 0 Å². The van der Waals surface area contributed by atoms with E-state index in [9.17, 15) is 5.11 Å². The van der Waals surface area contributed by atoms with Crippen molar-refractivity contribution >= 4 is 0 Å². The van der Waals surface area contributed by atoms with Gasteiger partial charge in [0.1, 0.15) is 11.4 Å². The van der Waals surface area contributed by atoms with Gasteiger partial charge in [0.25, 0.3) is 0 Å². The minimum absolute atomic E-state index is 0.0960. The molecule has 5 nitrogen and oxygen atoms in total. The zero-order valence-electron chi connectivity index (χ0n) is 15.1. The Bertz CT molecular complexity index is 556. The third kappa shape index (κ3) is 4.70. The van der Waals surface area contributed by atoms with Crippen molar-refractivity contribution in [3.8, 4) is 5.75 Å². The number of hydrogen-bond acceptors (Lipinski definition) is 5. The largest absolute Gasteiger partial charge is 0.487 e. The summed E-state index contributed by atoms with van der Waals surface area (Å²) < 4.78 is 11.3. The van der Waals surface area contributed by atoms with Crippen LogP contribution in [0.3, 0.4) is 0 Å². The van der Waals surface area contributed by atoms with Crippen LogP contribution < -0.4 is 4.74 Å². The second-order valence-corrected chi connectivity index (χ2v) is 7.74. The van der Waals surface area contributed by atoms with Gasteiger partial charge in [-0.1, -0.05) is 12.1 Å². The smallest absolute Gasteiger partial charge is 0.123 e. The van der Waals surface area contributed by atoms with Crippen molar-refractivity contribution in [2.45, 2.75) is 38.5 Å². The molecule has 2 heterocycles. The number of morpholine rings is 1. The molecule has 0 aliphatic carbocycles. The number of fused-ring (bicyclic) bond motifs is 1. The molecule has 0 bridgehead atoms. The minimum atomic E-state index is -0.329. The monoisotopic (exact) mass is 334 g/mol. The van der Waals surface area contributed by atoms with Crippen LogP contribution in [0.15, 0.2) is 18.2 Å². The lowest BCUT2D eigenvalue weighted by molar-refractivity contribution is 0.00825. The van der Waals surface area contributed by atoms with Crippen molar-refractivity contribution in [3.63, 3.8) is 0 Å². The number of likely N-dealkylation sites (N-methyl/N-ethyl adjacent to an activating group) is 1. The van der Waals surface area contributed by atoms with Gasteiger partial charge in [-0.25, -0.2) is 0 Å². The van der Waals surface area contributed by atoms with Crippen molar-refractivity contribution in [1.29, 1.82) is 0 Å². The highest BCUT2D eigenvalue weighted by atomic mass is 16.5. The van der Waals surface area contributed by atoms with E-state index >= 15 is 0 Å². The van der Waals surface area contributed by atoms with E-state index in [4.69, 9.17) is 9.47 Å². The molecule has 0 amide bonds. The summed E-state index contributed by atoms with van der Waals surface area (Å²) in [5.74, 6) is 1.01. The Hall–Kier alpha value is -1.14. The number of rotatable bonds is 6. The van der Waals surface area contributed by atoms with Gasteiger partial charge in [-0.15, -0.1) is 0 Å². The van der Waals surface area contributed by atoms with Gasteiger partial charge < -0.3 is 14.6 Å². The highest BCUT2D eigenvalue weighted by Gasteiger charge is 2.29. The van der Waals surface area contributed by atoms with Crippen LogP contribution in [0.2, 0.25) is 0 Å². The second kappa shape index (κ2) is 7.40. The Morgan fingerprint density at radius 3 is 2.79 bits per heavy atom. The van der Waals surface area contributed by atoms with Crippen molar-refractivity contribution in [2.24, 2.45) is 0 Å². The quantitative estimate of drug-likeness (QED) is 0.855. The molecular weight excluding hydrogens is 304 g/mol. The van der Waals surface area contributed by atoms with E-state index in [1.165, 1.54) is 11.1 Å². The SMILES string of the molecule is CN(Cc1ccc2c(c1)CC(C)(C)O2)CC(O)CN1CCOCC1. The van der Waals surface area contributed by atoms with E-state index < -0.39 is 0 Å². The van der Waals surface area contributed by atoms with Gasteiger partial charge in [-0.2, -0.15) is 0 Å². The van der Waals surface area contributed by atoms with E-state index in [0.717, 1.165) is 51.6 Å². The average molecular weight is 334 g/mol. The highest BCUT2D eigenvalue weighted by molar-refractivity contribution is 5.41. The summed E-state index contributed by atoms with van der Waals surface area (Å²) in [6.07, 6.45) is 0.629. The molecule has 134 valence electrons. The van der Waals surface area contributed by atoms with Crippen LogP contribution in [0.1, 0.15) is 25.0 Å². The van der Waals surface area contributed by atoms with Crippen LogP contribution in [-0.2, 0) is 17.7 Å². The van der Waals surface area contributed by atoms with Crippen LogP contribution in [-0.4, -0.2) is 73.1 Å². The Balaban J connectivity index is 1.49.